The highest BCUT2D eigenvalue weighted by molar-refractivity contribution is 7.89. The van der Waals surface area contributed by atoms with E-state index in [1.54, 1.807) is 17.5 Å². The Hall–Kier alpha value is -2.03. The molecule has 0 fully saturated rings. The summed E-state index contributed by atoms with van der Waals surface area (Å²) in [6.45, 7) is 1.41. The van der Waals surface area contributed by atoms with Crippen LogP contribution in [0, 0.1) is 0 Å². The van der Waals surface area contributed by atoms with E-state index in [4.69, 9.17) is 0 Å². The lowest BCUT2D eigenvalue weighted by Gasteiger charge is -2.16. The maximum absolute atomic E-state index is 12.5. The van der Waals surface area contributed by atoms with Gasteiger partial charge in [0.05, 0.1) is 24.5 Å². The number of benzene rings is 1. The predicted octanol–water partition coefficient (Wildman–Crippen LogP) is 2.53. The fourth-order valence-electron chi connectivity index (χ4n) is 2.06. The maximum atomic E-state index is 12.5. The van der Waals surface area contributed by atoms with Crippen molar-refractivity contribution in [1.82, 2.24) is 4.72 Å². The average Bonchev–Trinajstić information content (AvgIpc) is 3.08. The van der Waals surface area contributed by atoms with Gasteiger partial charge in [0, 0.05) is 10.4 Å². The number of methoxy groups -OCH3 is 1. The molecule has 0 saturated carbocycles. The largest absolute Gasteiger partial charge is 0.469 e. The van der Waals surface area contributed by atoms with Gasteiger partial charge in [0.25, 0.3) is 0 Å². The van der Waals surface area contributed by atoms with E-state index in [0.29, 0.717) is 10.4 Å². The second-order valence-corrected chi connectivity index (χ2v) is 7.74. The van der Waals surface area contributed by atoms with E-state index < -0.39 is 22.0 Å². The van der Waals surface area contributed by atoms with Crippen LogP contribution >= 0.6 is 11.3 Å². The minimum absolute atomic E-state index is 0.0268. The minimum atomic E-state index is -3.84. The molecule has 0 aliphatic carbocycles. The fraction of sp³-hybridized carbons (Fsp3) is 0.250. The first-order chi connectivity index (χ1) is 11.3. The molecule has 1 N–H and O–H groups in total. The molecule has 0 spiro atoms. The molecule has 8 heteroatoms. The van der Waals surface area contributed by atoms with Crippen LogP contribution in [0.5, 0.6) is 0 Å². The molecule has 0 saturated heterocycles. The first-order valence-corrected chi connectivity index (χ1v) is 9.43. The molecule has 0 unspecified atom stereocenters. The van der Waals surface area contributed by atoms with E-state index in [0.717, 1.165) is 0 Å². The summed E-state index contributed by atoms with van der Waals surface area (Å²) in [5.74, 6) is -0.655. The summed E-state index contributed by atoms with van der Waals surface area (Å²) >= 11 is 1.35. The van der Waals surface area contributed by atoms with Crippen molar-refractivity contribution in [2.24, 2.45) is 0 Å². The van der Waals surface area contributed by atoms with Crippen molar-refractivity contribution in [3.05, 3.63) is 52.2 Å². The molecule has 0 amide bonds. The zero-order chi connectivity index (χ0) is 17.7. The zero-order valence-electron chi connectivity index (χ0n) is 13.2. The lowest BCUT2D eigenvalue weighted by Crippen LogP contribution is -2.30. The number of thiophene rings is 1. The number of hydrogen-bond donors (Lipinski definition) is 1. The molecule has 0 bridgehead atoms. The summed E-state index contributed by atoms with van der Waals surface area (Å²) in [5.41, 5.74) is 0.429. The Balaban J connectivity index is 2.26. The Labute approximate surface area is 144 Å². The molecule has 1 atom stereocenters. The van der Waals surface area contributed by atoms with Crippen LogP contribution in [-0.4, -0.2) is 27.3 Å². The Morgan fingerprint density at radius 1 is 1.21 bits per heavy atom. The fourth-order valence-corrected chi connectivity index (χ4v) is 4.13. The molecule has 0 aliphatic rings. The van der Waals surface area contributed by atoms with Crippen LogP contribution in [0.25, 0.3) is 0 Å². The highest BCUT2D eigenvalue weighted by Gasteiger charge is 2.24. The van der Waals surface area contributed by atoms with Gasteiger partial charge in [-0.15, -0.1) is 11.3 Å². The number of carbonyl (C=O) groups is 2. The summed E-state index contributed by atoms with van der Waals surface area (Å²) in [5, 5.41) is 1.80. The summed E-state index contributed by atoms with van der Waals surface area (Å²) in [6, 6.07) is 8.45. The zero-order valence-corrected chi connectivity index (χ0v) is 14.8. The molecule has 2 rings (SSSR count). The van der Waals surface area contributed by atoms with Crippen LogP contribution in [0.4, 0.5) is 0 Å². The third-order valence-corrected chi connectivity index (χ3v) is 5.83. The van der Waals surface area contributed by atoms with Crippen LogP contribution in [0.1, 0.15) is 34.6 Å². The summed E-state index contributed by atoms with van der Waals surface area (Å²) in [7, 11) is -2.59. The van der Waals surface area contributed by atoms with E-state index >= 15 is 0 Å². The number of rotatable bonds is 7. The molecule has 0 aliphatic heterocycles. The molecule has 1 aromatic heterocycles. The second kappa shape index (κ2) is 7.69. The monoisotopic (exact) mass is 367 g/mol. The Kier molecular flexibility index (Phi) is 5.87. The van der Waals surface area contributed by atoms with Crippen molar-refractivity contribution in [2.45, 2.75) is 24.3 Å². The van der Waals surface area contributed by atoms with Gasteiger partial charge < -0.3 is 4.74 Å². The van der Waals surface area contributed by atoms with E-state index in [2.05, 4.69) is 9.46 Å². The summed E-state index contributed by atoms with van der Waals surface area (Å²) in [6.07, 6.45) is -0.109. The number of carbonyl (C=O) groups excluding carboxylic acids is 2. The first-order valence-electron chi connectivity index (χ1n) is 7.07. The third kappa shape index (κ3) is 4.50. The molecule has 1 aromatic carbocycles. The lowest BCUT2D eigenvalue weighted by molar-refractivity contribution is -0.141. The van der Waals surface area contributed by atoms with Crippen LogP contribution in [0.15, 0.2) is 46.7 Å². The van der Waals surface area contributed by atoms with Gasteiger partial charge in [-0.05, 0) is 30.5 Å². The molecule has 6 nitrogen and oxygen atoms in total. The summed E-state index contributed by atoms with van der Waals surface area (Å²) < 4.78 is 32.2. The quantitative estimate of drug-likeness (QED) is 0.600. The average molecular weight is 367 g/mol. The standard InChI is InChI=1S/C16H17NO5S2/c1-11(18)12-5-7-13(8-6-12)24(20,21)17-14(10-16(19)22-2)15-4-3-9-23-15/h3-9,14,17H,10H2,1-2H3/t14-/m1/s1. The number of sulfonamides is 1. The molecular formula is C16H17NO5S2. The Morgan fingerprint density at radius 2 is 1.88 bits per heavy atom. The molecule has 128 valence electrons. The van der Waals surface area contributed by atoms with Gasteiger partial charge in [0.15, 0.2) is 5.78 Å². The first kappa shape index (κ1) is 18.3. The van der Waals surface area contributed by atoms with Gasteiger partial charge in [-0.1, -0.05) is 18.2 Å². The van der Waals surface area contributed by atoms with Gasteiger partial charge in [0.2, 0.25) is 10.0 Å². The highest BCUT2D eigenvalue weighted by Crippen LogP contribution is 2.25. The van der Waals surface area contributed by atoms with Crippen molar-refractivity contribution in [3.8, 4) is 0 Å². The smallest absolute Gasteiger partial charge is 0.307 e. The number of ether oxygens (including phenoxy) is 1. The molecule has 1 heterocycles. The normalized spacial score (nSPS) is 12.6. The number of hydrogen-bond acceptors (Lipinski definition) is 6. The van der Waals surface area contributed by atoms with Gasteiger partial charge in [0.1, 0.15) is 0 Å². The van der Waals surface area contributed by atoms with Crippen molar-refractivity contribution in [1.29, 1.82) is 0 Å². The Bertz CT molecular complexity index is 811. The minimum Gasteiger partial charge on any atom is -0.469 e. The van der Waals surface area contributed by atoms with E-state index in [9.17, 15) is 18.0 Å². The van der Waals surface area contributed by atoms with Crippen molar-refractivity contribution < 1.29 is 22.7 Å². The number of nitrogens with one attached hydrogen (secondary N) is 1. The number of ketones is 1. The molecule has 0 radical (unpaired) electrons. The molecular weight excluding hydrogens is 350 g/mol. The van der Waals surface area contributed by atoms with E-state index in [-0.39, 0.29) is 17.1 Å². The number of Topliss-reactive ketones (excluding diaryl/α,β-unsaturated/α-hetero) is 1. The topological polar surface area (TPSA) is 89.5 Å². The SMILES string of the molecule is COC(=O)C[C@@H](NS(=O)(=O)c1ccc(C(C)=O)cc1)c1cccs1. The van der Waals surface area contributed by atoms with E-state index in [1.807, 2.05) is 0 Å². The van der Waals surface area contributed by atoms with Crippen molar-refractivity contribution in [3.63, 3.8) is 0 Å². The van der Waals surface area contributed by atoms with Gasteiger partial charge in [-0.3, -0.25) is 9.59 Å². The summed E-state index contributed by atoms with van der Waals surface area (Å²) in [4.78, 5) is 23.6. The van der Waals surface area contributed by atoms with Crippen LogP contribution in [0.3, 0.4) is 0 Å². The van der Waals surface area contributed by atoms with Crippen molar-refractivity contribution in [2.75, 3.05) is 7.11 Å². The predicted molar refractivity (Wildman–Crippen MR) is 90.5 cm³/mol. The third-order valence-electron chi connectivity index (χ3n) is 3.35. The van der Waals surface area contributed by atoms with Crippen LogP contribution < -0.4 is 4.72 Å². The van der Waals surface area contributed by atoms with Crippen LogP contribution in [0.2, 0.25) is 0 Å². The van der Waals surface area contributed by atoms with Gasteiger partial charge in [-0.25, -0.2) is 13.1 Å². The lowest BCUT2D eigenvalue weighted by atomic mass is 10.2. The Morgan fingerprint density at radius 3 is 2.38 bits per heavy atom. The van der Waals surface area contributed by atoms with Crippen LogP contribution in [-0.2, 0) is 19.6 Å². The second-order valence-electron chi connectivity index (χ2n) is 5.05. The molecule has 2 aromatic rings. The van der Waals surface area contributed by atoms with Gasteiger partial charge >= 0.3 is 5.97 Å². The molecule has 24 heavy (non-hydrogen) atoms. The number of esters is 1. The van der Waals surface area contributed by atoms with Crippen molar-refractivity contribution >= 4 is 33.1 Å². The highest BCUT2D eigenvalue weighted by atomic mass is 32.2. The van der Waals surface area contributed by atoms with E-state index in [1.165, 1.54) is 49.6 Å². The maximum Gasteiger partial charge on any atom is 0.307 e. The van der Waals surface area contributed by atoms with Gasteiger partial charge in [-0.2, -0.15) is 0 Å².